The maximum absolute atomic E-state index is 13.4. The molecule has 0 radical (unpaired) electrons. The summed E-state index contributed by atoms with van der Waals surface area (Å²) in [7, 11) is 0. The Hall–Kier alpha value is -1.35. The average Bonchev–Trinajstić information content (AvgIpc) is 2.78. The lowest BCUT2D eigenvalue weighted by atomic mass is 9.56. The van der Waals surface area contributed by atoms with Crippen LogP contribution in [0.2, 0.25) is 5.02 Å². The predicted molar refractivity (Wildman–Crippen MR) is 100 cm³/mol. The molecule has 4 heteroatoms. The summed E-state index contributed by atoms with van der Waals surface area (Å²) in [6, 6.07) is 5.91. The number of carbonyl (C=O) groups is 2. The number of ketones is 2. The number of halogens is 1. The number of fused-ring (bicyclic) bond motifs is 4. The van der Waals surface area contributed by atoms with E-state index in [0.717, 1.165) is 48.5 Å². The zero-order valence-electron chi connectivity index (χ0n) is 15.1. The Kier molecular flexibility index (Phi) is 3.99. The molecular weight excluding hydrogens is 334 g/mol. The maximum Gasteiger partial charge on any atom is 0.149 e. The quantitative estimate of drug-likeness (QED) is 0.636. The second-order valence-corrected chi connectivity index (χ2v) is 9.28. The van der Waals surface area contributed by atoms with Crippen molar-refractivity contribution in [3.8, 4) is 0 Å². The minimum absolute atomic E-state index is 0.00272. The number of rotatable bonds is 0. The van der Waals surface area contributed by atoms with Gasteiger partial charge >= 0.3 is 0 Å². The molecule has 1 aromatic carbocycles. The van der Waals surface area contributed by atoms with Crippen molar-refractivity contribution in [1.29, 1.82) is 0 Å². The van der Waals surface area contributed by atoms with E-state index in [9.17, 15) is 9.59 Å². The zero-order chi connectivity index (χ0) is 17.8. The van der Waals surface area contributed by atoms with Crippen molar-refractivity contribution in [3.05, 3.63) is 28.8 Å². The minimum Gasteiger partial charge on any atom is -0.367 e. The summed E-state index contributed by atoms with van der Waals surface area (Å²) in [5, 5.41) is 0.722. The summed E-state index contributed by atoms with van der Waals surface area (Å²) < 4.78 is 0. The summed E-state index contributed by atoms with van der Waals surface area (Å²) in [6.07, 6.45) is 5.83. The van der Waals surface area contributed by atoms with E-state index in [0.29, 0.717) is 19.3 Å². The normalized spacial score (nSPS) is 27.6. The number of benzene rings is 1. The van der Waals surface area contributed by atoms with Gasteiger partial charge in [-0.3, -0.25) is 9.59 Å². The lowest BCUT2D eigenvalue weighted by Gasteiger charge is -2.52. The molecule has 0 bridgehead atoms. The monoisotopic (exact) mass is 359 g/mol. The Morgan fingerprint density at radius 1 is 1.04 bits per heavy atom. The first-order valence-electron chi connectivity index (χ1n) is 9.45. The van der Waals surface area contributed by atoms with Gasteiger partial charge in [0, 0.05) is 36.1 Å². The molecule has 1 saturated carbocycles. The SMILES string of the molecule is CC1(C)CC(=O)C2(Cc3ccc(Cl)cc3N3CCCCC[C@H]32)C(=O)C1. The third-order valence-electron chi connectivity index (χ3n) is 6.42. The van der Waals surface area contributed by atoms with Crippen LogP contribution in [0.4, 0.5) is 5.69 Å². The highest BCUT2D eigenvalue weighted by Gasteiger charge is 2.59. The highest BCUT2D eigenvalue weighted by atomic mass is 35.5. The summed E-state index contributed by atoms with van der Waals surface area (Å²) in [4.78, 5) is 29.1. The topological polar surface area (TPSA) is 37.4 Å². The van der Waals surface area contributed by atoms with Crippen LogP contribution >= 0.6 is 11.6 Å². The Morgan fingerprint density at radius 2 is 1.76 bits per heavy atom. The van der Waals surface area contributed by atoms with E-state index < -0.39 is 5.41 Å². The second kappa shape index (κ2) is 5.84. The molecular formula is C21H26ClNO2. The number of nitrogens with zero attached hydrogens (tertiary/aromatic N) is 1. The van der Waals surface area contributed by atoms with Crippen molar-refractivity contribution >= 4 is 28.9 Å². The van der Waals surface area contributed by atoms with Crippen LogP contribution in [0.1, 0.15) is 57.9 Å². The number of anilines is 1. The number of hydrogen-bond donors (Lipinski definition) is 0. The minimum atomic E-state index is -0.847. The van der Waals surface area contributed by atoms with Crippen molar-refractivity contribution < 1.29 is 9.59 Å². The Bertz CT molecular complexity index is 719. The zero-order valence-corrected chi connectivity index (χ0v) is 15.9. The van der Waals surface area contributed by atoms with Gasteiger partial charge in [-0.25, -0.2) is 0 Å². The largest absolute Gasteiger partial charge is 0.367 e. The summed E-state index contributed by atoms with van der Waals surface area (Å²) in [5.41, 5.74) is 1.18. The van der Waals surface area contributed by atoms with Crippen molar-refractivity contribution in [2.45, 2.75) is 64.8 Å². The van der Waals surface area contributed by atoms with E-state index in [4.69, 9.17) is 11.6 Å². The standard InChI is InChI=1S/C21H26ClNO2/c1-20(2)12-18(24)21(19(25)13-20)11-14-7-8-15(22)10-16(14)23-9-5-3-4-6-17(21)23/h7-8,10,17H,3-6,9,11-13H2,1-2H3/t17-/m0/s1. The van der Waals surface area contributed by atoms with Gasteiger partial charge in [-0.2, -0.15) is 0 Å². The van der Waals surface area contributed by atoms with Crippen LogP contribution in [-0.4, -0.2) is 24.2 Å². The second-order valence-electron chi connectivity index (χ2n) is 8.84. The molecule has 3 aliphatic rings. The molecule has 0 N–H and O–H groups in total. The molecule has 1 saturated heterocycles. The van der Waals surface area contributed by atoms with Gasteiger partial charge < -0.3 is 4.90 Å². The maximum atomic E-state index is 13.4. The fraction of sp³-hybridized carbons (Fsp3) is 0.619. The lowest BCUT2D eigenvalue weighted by molar-refractivity contribution is -0.150. The van der Waals surface area contributed by atoms with Gasteiger partial charge in [0.15, 0.2) is 0 Å². The molecule has 2 heterocycles. The molecule has 1 atom stereocenters. The Morgan fingerprint density at radius 3 is 2.48 bits per heavy atom. The van der Waals surface area contributed by atoms with Gasteiger partial charge in [-0.1, -0.05) is 44.4 Å². The lowest BCUT2D eigenvalue weighted by Crippen LogP contribution is -2.63. The first kappa shape index (κ1) is 17.1. The molecule has 3 nitrogen and oxygen atoms in total. The van der Waals surface area contributed by atoms with Crippen LogP contribution in [0.15, 0.2) is 18.2 Å². The highest BCUT2D eigenvalue weighted by Crippen LogP contribution is 2.52. The van der Waals surface area contributed by atoms with Crippen LogP contribution in [0, 0.1) is 10.8 Å². The van der Waals surface area contributed by atoms with Gasteiger partial charge in [-0.15, -0.1) is 0 Å². The molecule has 134 valence electrons. The molecule has 0 amide bonds. The van der Waals surface area contributed by atoms with Crippen molar-refractivity contribution in [1.82, 2.24) is 0 Å². The van der Waals surface area contributed by atoms with Crippen LogP contribution in [0.25, 0.3) is 0 Å². The Labute approximate surface area is 154 Å². The first-order chi connectivity index (χ1) is 11.8. The molecule has 1 spiro atoms. The van der Waals surface area contributed by atoms with Crippen molar-refractivity contribution in [3.63, 3.8) is 0 Å². The fourth-order valence-corrected chi connectivity index (χ4v) is 5.42. The van der Waals surface area contributed by atoms with E-state index in [1.807, 2.05) is 32.0 Å². The number of carbonyl (C=O) groups excluding carboxylic acids is 2. The molecule has 0 unspecified atom stereocenters. The van der Waals surface area contributed by atoms with E-state index in [-0.39, 0.29) is 23.0 Å². The van der Waals surface area contributed by atoms with Gasteiger partial charge in [0.25, 0.3) is 0 Å². The molecule has 2 aliphatic heterocycles. The van der Waals surface area contributed by atoms with E-state index in [2.05, 4.69) is 4.90 Å². The fourth-order valence-electron chi connectivity index (χ4n) is 5.25. The van der Waals surface area contributed by atoms with Crippen molar-refractivity contribution in [2.24, 2.45) is 10.8 Å². The van der Waals surface area contributed by atoms with Crippen LogP contribution in [0.5, 0.6) is 0 Å². The van der Waals surface area contributed by atoms with Crippen LogP contribution < -0.4 is 4.90 Å². The molecule has 4 rings (SSSR count). The third-order valence-corrected chi connectivity index (χ3v) is 6.66. The molecule has 1 aromatic rings. The van der Waals surface area contributed by atoms with Gasteiger partial charge in [-0.05, 0) is 42.4 Å². The first-order valence-corrected chi connectivity index (χ1v) is 9.83. The summed E-state index contributed by atoms with van der Waals surface area (Å²) >= 11 is 6.26. The summed E-state index contributed by atoms with van der Waals surface area (Å²) in [5.74, 6) is 0.317. The third kappa shape index (κ3) is 2.63. The molecule has 25 heavy (non-hydrogen) atoms. The van der Waals surface area contributed by atoms with Gasteiger partial charge in [0.1, 0.15) is 17.0 Å². The van der Waals surface area contributed by atoms with E-state index in [1.54, 1.807) is 0 Å². The van der Waals surface area contributed by atoms with E-state index in [1.165, 1.54) is 0 Å². The average molecular weight is 360 g/mol. The van der Waals surface area contributed by atoms with Crippen LogP contribution in [0.3, 0.4) is 0 Å². The Balaban J connectivity index is 1.87. The summed E-state index contributed by atoms with van der Waals surface area (Å²) in [6.45, 7) is 4.98. The molecule has 1 aliphatic carbocycles. The highest BCUT2D eigenvalue weighted by molar-refractivity contribution is 6.31. The smallest absolute Gasteiger partial charge is 0.149 e. The van der Waals surface area contributed by atoms with Gasteiger partial charge in [0.05, 0.1) is 0 Å². The van der Waals surface area contributed by atoms with Gasteiger partial charge in [0.2, 0.25) is 0 Å². The van der Waals surface area contributed by atoms with Crippen LogP contribution in [-0.2, 0) is 16.0 Å². The van der Waals surface area contributed by atoms with E-state index >= 15 is 0 Å². The predicted octanol–water partition coefficient (Wildman–Crippen LogP) is 4.59. The molecule has 0 aromatic heterocycles. The number of Topliss-reactive ketones (excluding diaryl/α,β-unsaturated/α-hetero) is 2. The number of hydrogen-bond acceptors (Lipinski definition) is 3. The van der Waals surface area contributed by atoms with Crippen molar-refractivity contribution in [2.75, 3.05) is 11.4 Å². The molecule has 2 fully saturated rings.